The van der Waals surface area contributed by atoms with E-state index in [0.717, 1.165) is 15.2 Å². The second kappa shape index (κ2) is 5.56. The molecule has 2 N–H and O–H groups in total. The number of hydrogen-bond donors (Lipinski definition) is 1. The van der Waals surface area contributed by atoms with Gasteiger partial charge in [-0.1, -0.05) is 23.9 Å². The lowest BCUT2D eigenvalue weighted by molar-refractivity contribution is 1.06. The van der Waals surface area contributed by atoms with Crippen molar-refractivity contribution in [1.82, 2.24) is 4.98 Å². The first-order valence-corrected chi connectivity index (χ1v) is 6.96. The number of nitrogen functional groups attached to an aromatic ring is 1. The van der Waals surface area contributed by atoms with Gasteiger partial charge >= 0.3 is 0 Å². The fourth-order valence-electron chi connectivity index (χ4n) is 1.49. The van der Waals surface area contributed by atoms with Crippen LogP contribution in [0.5, 0.6) is 0 Å². The lowest BCUT2D eigenvalue weighted by Crippen LogP contribution is -1.92. The van der Waals surface area contributed by atoms with Gasteiger partial charge < -0.3 is 5.73 Å². The fraction of sp³-hybridized carbons (Fsp3) is 0.154. The van der Waals surface area contributed by atoms with E-state index in [1.165, 1.54) is 5.56 Å². The SMILES string of the molecule is CC(Sc1ccc(Br)cn1)c1cccc(N)c1. The van der Waals surface area contributed by atoms with Gasteiger partial charge in [0.15, 0.2) is 0 Å². The summed E-state index contributed by atoms with van der Waals surface area (Å²) < 4.78 is 0.999. The number of benzene rings is 1. The lowest BCUT2D eigenvalue weighted by atomic mass is 10.1. The lowest BCUT2D eigenvalue weighted by Gasteiger charge is -2.11. The Kier molecular flexibility index (Phi) is 4.07. The van der Waals surface area contributed by atoms with E-state index in [9.17, 15) is 0 Å². The quantitative estimate of drug-likeness (QED) is 0.679. The largest absolute Gasteiger partial charge is 0.399 e. The predicted octanol–water partition coefficient (Wildman–Crippen LogP) is 4.28. The maximum atomic E-state index is 5.78. The summed E-state index contributed by atoms with van der Waals surface area (Å²) >= 11 is 5.10. The Morgan fingerprint density at radius 1 is 1.29 bits per heavy atom. The molecule has 1 unspecified atom stereocenters. The van der Waals surface area contributed by atoms with Gasteiger partial charge in [0, 0.05) is 21.6 Å². The molecule has 17 heavy (non-hydrogen) atoms. The minimum Gasteiger partial charge on any atom is -0.399 e. The van der Waals surface area contributed by atoms with E-state index in [2.05, 4.69) is 33.9 Å². The molecule has 1 aromatic heterocycles. The van der Waals surface area contributed by atoms with Gasteiger partial charge in [-0.05, 0) is 52.7 Å². The van der Waals surface area contributed by atoms with Gasteiger partial charge in [-0.2, -0.15) is 0 Å². The van der Waals surface area contributed by atoms with Crippen LogP contribution in [0.4, 0.5) is 5.69 Å². The monoisotopic (exact) mass is 308 g/mol. The highest BCUT2D eigenvalue weighted by molar-refractivity contribution is 9.10. The topological polar surface area (TPSA) is 38.9 Å². The van der Waals surface area contributed by atoms with Crippen molar-refractivity contribution in [1.29, 1.82) is 0 Å². The Morgan fingerprint density at radius 2 is 2.12 bits per heavy atom. The van der Waals surface area contributed by atoms with Crippen molar-refractivity contribution in [2.24, 2.45) is 0 Å². The van der Waals surface area contributed by atoms with Crippen LogP contribution in [0.2, 0.25) is 0 Å². The molecule has 0 bridgehead atoms. The number of halogens is 1. The highest BCUT2D eigenvalue weighted by Gasteiger charge is 2.08. The summed E-state index contributed by atoms with van der Waals surface area (Å²) in [5, 5.41) is 1.36. The number of anilines is 1. The molecular formula is C13H13BrN2S. The minimum absolute atomic E-state index is 0.340. The van der Waals surface area contributed by atoms with E-state index in [-0.39, 0.29) is 0 Å². The number of pyridine rings is 1. The van der Waals surface area contributed by atoms with Gasteiger partial charge in [-0.3, -0.25) is 0 Å². The number of aromatic nitrogens is 1. The normalized spacial score (nSPS) is 12.4. The summed E-state index contributed by atoms with van der Waals surface area (Å²) in [4.78, 5) is 4.35. The molecule has 0 spiro atoms. The molecule has 2 aromatic rings. The van der Waals surface area contributed by atoms with Gasteiger partial charge in [0.1, 0.15) is 0 Å². The van der Waals surface area contributed by atoms with Crippen LogP contribution in [0.25, 0.3) is 0 Å². The Balaban J connectivity index is 2.11. The summed E-state index contributed by atoms with van der Waals surface area (Å²) in [5.74, 6) is 0. The van der Waals surface area contributed by atoms with E-state index >= 15 is 0 Å². The molecule has 0 aliphatic rings. The Labute approximate surface area is 114 Å². The third-order valence-corrected chi connectivity index (χ3v) is 3.96. The zero-order chi connectivity index (χ0) is 12.3. The summed E-state index contributed by atoms with van der Waals surface area (Å²) in [7, 11) is 0. The number of rotatable bonds is 3. The predicted molar refractivity (Wildman–Crippen MR) is 77.1 cm³/mol. The van der Waals surface area contributed by atoms with Crippen LogP contribution in [0, 0.1) is 0 Å². The minimum atomic E-state index is 0.340. The van der Waals surface area contributed by atoms with Crippen molar-refractivity contribution in [3.63, 3.8) is 0 Å². The van der Waals surface area contributed by atoms with Gasteiger partial charge in [0.05, 0.1) is 5.03 Å². The third kappa shape index (κ3) is 3.48. The van der Waals surface area contributed by atoms with Crippen molar-refractivity contribution in [2.75, 3.05) is 5.73 Å². The molecule has 1 atom stereocenters. The zero-order valence-electron chi connectivity index (χ0n) is 9.43. The van der Waals surface area contributed by atoms with Crippen LogP contribution >= 0.6 is 27.7 Å². The first-order chi connectivity index (χ1) is 8.15. The molecule has 0 saturated heterocycles. The van der Waals surface area contributed by atoms with Gasteiger partial charge in [0.2, 0.25) is 0 Å². The van der Waals surface area contributed by atoms with E-state index in [1.807, 2.05) is 36.5 Å². The molecule has 88 valence electrons. The van der Waals surface area contributed by atoms with E-state index in [1.54, 1.807) is 11.8 Å². The van der Waals surface area contributed by atoms with E-state index < -0.39 is 0 Å². The van der Waals surface area contributed by atoms with Crippen LogP contribution in [-0.4, -0.2) is 4.98 Å². The number of nitrogens with two attached hydrogens (primary N) is 1. The average Bonchev–Trinajstić information content (AvgIpc) is 2.32. The smallest absolute Gasteiger partial charge is 0.0966 e. The van der Waals surface area contributed by atoms with Gasteiger partial charge in [-0.15, -0.1) is 0 Å². The van der Waals surface area contributed by atoms with Crippen molar-refractivity contribution >= 4 is 33.4 Å². The standard InChI is InChI=1S/C13H13BrN2S/c1-9(10-3-2-4-12(15)7-10)17-13-6-5-11(14)8-16-13/h2-9H,15H2,1H3. The molecule has 1 heterocycles. The van der Waals surface area contributed by atoms with Gasteiger partial charge in [-0.25, -0.2) is 4.98 Å². The Morgan fingerprint density at radius 3 is 2.76 bits per heavy atom. The molecule has 0 aliphatic heterocycles. The third-order valence-electron chi connectivity index (χ3n) is 2.38. The first kappa shape index (κ1) is 12.5. The Bertz CT molecular complexity index is 499. The summed E-state index contributed by atoms with van der Waals surface area (Å²) in [5.41, 5.74) is 7.80. The molecule has 0 saturated carbocycles. The van der Waals surface area contributed by atoms with Gasteiger partial charge in [0.25, 0.3) is 0 Å². The van der Waals surface area contributed by atoms with Crippen LogP contribution < -0.4 is 5.73 Å². The second-order valence-corrected chi connectivity index (χ2v) is 6.02. The highest BCUT2D eigenvalue weighted by Crippen LogP contribution is 2.34. The summed E-state index contributed by atoms with van der Waals surface area (Å²) in [6.07, 6.45) is 1.81. The van der Waals surface area contributed by atoms with E-state index in [4.69, 9.17) is 5.73 Å². The molecule has 0 fully saturated rings. The number of thioether (sulfide) groups is 1. The number of nitrogens with zero attached hydrogens (tertiary/aromatic N) is 1. The molecule has 0 radical (unpaired) electrons. The Hall–Kier alpha value is -1.00. The molecule has 2 nitrogen and oxygen atoms in total. The van der Waals surface area contributed by atoms with Crippen LogP contribution in [0.1, 0.15) is 17.7 Å². The maximum Gasteiger partial charge on any atom is 0.0966 e. The first-order valence-electron chi connectivity index (χ1n) is 5.29. The van der Waals surface area contributed by atoms with Crippen molar-refractivity contribution in [3.8, 4) is 0 Å². The zero-order valence-corrected chi connectivity index (χ0v) is 11.8. The molecule has 0 aliphatic carbocycles. The van der Waals surface area contributed by atoms with Crippen molar-refractivity contribution < 1.29 is 0 Å². The van der Waals surface area contributed by atoms with Crippen LogP contribution in [-0.2, 0) is 0 Å². The van der Waals surface area contributed by atoms with Crippen molar-refractivity contribution in [3.05, 3.63) is 52.6 Å². The molecule has 4 heteroatoms. The molecular weight excluding hydrogens is 296 g/mol. The maximum absolute atomic E-state index is 5.78. The van der Waals surface area contributed by atoms with Crippen molar-refractivity contribution in [2.45, 2.75) is 17.2 Å². The summed E-state index contributed by atoms with van der Waals surface area (Å²) in [6.45, 7) is 2.16. The fourth-order valence-corrected chi connectivity index (χ4v) is 2.63. The van der Waals surface area contributed by atoms with Crippen LogP contribution in [0.15, 0.2) is 52.1 Å². The van der Waals surface area contributed by atoms with Crippen LogP contribution in [0.3, 0.4) is 0 Å². The molecule has 0 amide bonds. The molecule has 1 aromatic carbocycles. The average molecular weight is 309 g/mol. The highest BCUT2D eigenvalue weighted by atomic mass is 79.9. The molecule has 2 rings (SSSR count). The van der Waals surface area contributed by atoms with E-state index in [0.29, 0.717) is 5.25 Å². The number of hydrogen-bond acceptors (Lipinski definition) is 3. The second-order valence-electron chi connectivity index (χ2n) is 3.74. The summed E-state index contributed by atoms with van der Waals surface area (Å²) in [6, 6.07) is 12.0.